The van der Waals surface area contributed by atoms with Gasteiger partial charge in [-0.1, -0.05) is 30.3 Å². The summed E-state index contributed by atoms with van der Waals surface area (Å²) < 4.78 is 26.8. The number of hydrogen-bond acceptors (Lipinski definition) is 4. The Morgan fingerprint density at radius 3 is 2.46 bits per heavy atom. The van der Waals surface area contributed by atoms with Crippen molar-refractivity contribution in [3.05, 3.63) is 35.9 Å². The highest BCUT2D eigenvalue weighted by Gasteiger charge is 2.45. The molecule has 3 heterocycles. The number of rotatable bonds is 3. The van der Waals surface area contributed by atoms with Gasteiger partial charge in [-0.25, -0.2) is 8.78 Å². The molecule has 4 rings (SSSR count). The molecule has 1 N–H and O–H groups in total. The van der Waals surface area contributed by atoms with Crippen molar-refractivity contribution < 1.29 is 13.6 Å². The molecule has 150 valence electrons. The third-order valence-corrected chi connectivity index (χ3v) is 6.60. The van der Waals surface area contributed by atoms with Gasteiger partial charge < -0.3 is 10.2 Å². The minimum atomic E-state index is -2.75. The molecule has 0 radical (unpaired) electrons. The first-order chi connectivity index (χ1) is 13.4. The van der Waals surface area contributed by atoms with Gasteiger partial charge in [0.25, 0.3) is 5.92 Å². The van der Waals surface area contributed by atoms with Crippen molar-refractivity contribution in [2.45, 2.75) is 49.1 Å². The van der Waals surface area contributed by atoms with E-state index in [1.807, 2.05) is 30.3 Å². The Bertz CT molecular complexity index is 755. The van der Waals surface area contributed by atoms with Gasteiger partial charge in [0.1, 0.15) is 0 Å². The van der Waals surface area contributed by atoms with Crippen LogP contribution in [0.5, 0.6) is 0 Å². The number of hydrogen-bond donors (Lipinski definition) is 1. The molecule has 3 fully saturated rings. The van der Waals surface area contributed by atoms with Gasteiger partial charge in [-0.3, -0.25) is 9.69 Å². The number of benzene rings is 1. The van der Waals surface area contributed by atoms with Gasteiger partial charge in [-0.15, -0.1) is 0 Å². The second kappa shape index (κ2) is 7.41. The number of carbonyl (C=O) groups is 1. The molecule has 0 aromatic heterocycles. The summed E-state index contributed by atoms with van der Waals surface area (Å²) in [6.45, 7) is 1.97. The van der Waals surface area contributed by atoms with Crippen LogP contribution >= 0.6 is 0 Å². The summed E-state index contributed by atoms with van der Waals surface area (Å²) in [6, 6.07) is 12.3. The highest BCUT2D eigenvalue weighted by molar-refractivity contribution is 5.82. The van der Waals surface area contributed by atoms with Gasteiger partial charge >= 0.3 is 0 Å². The van der Waals surface area contributed by atoms with Crippen LogP contribution in [0.4, 0.5) is 8.78 Å². The lowest BCUT2D eigenvalue weighted by Crippen LogP contribution is -2.47. The molecule has 1 aromatic rings. The molecular formula is C21H26F2N4O. The zero-order valence-electron chi connectivity index (χ0n) is 15.9. The maximum Gasteiger partial charge on any atom is 0.267 e. The molecule has 2 atom stereocenters. The summed E-state index contributed by atoms with van der Waals surface area (Å²) in [4.78, 5) is 16.2. The zero-order chi connectivity index (χ0) is 19.8. The first-order valence-corrected chi connectivity index (χ1v) is 10.0. The number of amides is 1. The lowest BCUT2D eigenvalue weighted by atomic mass is 9.74. The molecule has 5 nitrogen and oxygen atoms in total. The maximum absolute atomic E-state index is 13.4. The quantitative estimate of drug-likeness (QED) is 0.862. The van der Waals surface area contributed by atoms with Gasteiger partial charge in [-0.05, 0) is 24.8 Å². The number of halogens is 2. The predicted molar refractivity (Wildman–Crippen MR) is 101 cm³/mol. The number of piperidine rings is 1. The molecule has 1 aromatic carbocycles. The van der Waals surface area contributed by atoms with E-state index in [2.05, 4.69) is 16.3 Å². The minimum Gasteiger partial charge on any atom is -0.335 e. The number of likely N-dealkylation sites (tertiary alicyclic amines) is 2. The highest BCUT2D eigenvalue weighted by atomic mass is 19.3. The molecule has 3 aliphatic rings. The van der Waals surface area contributed by atoms with Gasteiger partial charge in [0.15, 0.2) is 0 Å². The summed E-state index contributed by atoms with van der Waals surface area (Å²) in [5, 5.41) is 13.1. The van der Waals surface area contributed by atoms with E-state index in [4.69, 9.17) is 0 Å². The molecule has 3 aliphatic heterocycles. The fourth-order valence-electron chi connectivity index (χ4n) is 4.82. The molecule has 0 unspecified atom stereocenters. The smallest absolute Gasteiger partial charge is 0.267 e. The normalized spacial score (nSPS) is 29.5. The van der Waals surface area contributed by atoms with E-state index in [0.717, 1.165) is 31.5 Å². The Morgan fingerprint density at radius 1 is 1.14 bits per heavy atom. The Labute approximate surface area is 164 Å². The van der Waals surface area contributed by atoms with Crippen LogP contribution in [0.3, 0.4) is 0 Å². The van der Waals surface area contributed by atoms with Crippen LogP contribution in [0.15, 0.2) is 30.3 Å². The van der Waals surface area contributed by atoms with Crippen molar-refractivity contribution in [2.24, 2.45) is 0 Å². The second-order valence-corrected chi connectivity index (χ2v) is 8.31. The summed E-state index contributed by atoms with van der Waals surface area (Å²) in [7, 11) is 0. The number of carbonyl (C=O) groups excluding carboxylic acids is 1. The van der Waals surface area contributed by atoms with Gasteiger partial charge in [0.05, 0.1) is 24.1 Å². The van der Waals surface area contributed by atoms with Gasteiger partial charge in [0.2, 0.25) is 5.91 Å². The van der Waals surface area contributed by atoms with Crippen LogP contribution in [0.2, 0.25) is 0 Å². The Morgan fingerprint density at radius 2 is 1.86 bits per heavy atom. The van der Waals surface area contributed by atoms with Gasteiger partial charge in [-0.2, -0.15) is 5.26 Å². The van der Waals surface area contributed by atoms with Crippen molar-refractivity contribution in [2.75, 3.05) is 32.7 Å². The van der Waals surface area contributed by atoms with Crippen molar-refractivity contribution in [1.82, 2.24) is 15.1 Å². The third kappa shape index (κ3) is 3.63. The van der Waals surface area contributed by atoms with Crippen LogP contribution in [0.1, 0.15) is 31.2 Å². The fraction of sp³-hybridized carbons (Fsp3) is 0.619. The van der Waals surface area contributed by atoms with Crippen molar-refractivity contribution in [3.63, 3.8) is 0 Å². The van der Waals surface area contributed by atoms with E-state index in [1.165, 1.54) is 4.90 Å². The predicted octanol–water partition coefficient (Wildman–Crippen LogP) is 2.14. The average molecular weight is 388 g/mol. The van der Waals surface area contributed by atoms with Crippen molar-refractivity contribution in [1.29, 1.82) is 5.26 Å². The van der Waals surface area contributed by atoms with E-state index in [9.17, 15) is 18.8 Å². The first-order valence-electron chi connectivity index (χ1n) is 10.0. The summed E-state index contributed by atoms with van der Waals surface area (Å²) in [6.07, 6.45) is 1.94. The van der Waals surface area contributed by atoms with E-state index >= 15 is 0 Å². The standard InChI is InChI=1S/C21H26F2N4O/c22-21(23)8-11-27(15-21)19(28)18-12-17(13-25-18)26-9-6-20(14-24,7-10-26)16-4-2-1-3-5-16/h1-5,17-18,25H,6-13,15H2/t17-,18-/m0/s1. The largest absolute Gasteiger partial charge is 0.335 e. The Hall–Kier alpha value is -2.04. The minimum absolute atomic E-state index is 0.139. The summed E-state index contributed by atoms with van der Waals surface area (Å²) in [5.41, 5.74) is 0.630. The molecule has 0 spiro atoms. The van der Waals surface area contributed by atoms with Crippen LogP contribution in [-0.4, -0.2) is 66.4 Å². The molecule has 1 amide bonds. The second-order valence-electron chi connectivity index (χ2n) is 8.31. The SMILES string of the molecule is N#CC1(c2ccccc2)CCN([C@@H]2CN[C@H](C(=O)N3CCC(F)(F)C3)C2)CC1. The maximum atomic E-state index is 13.4. The molecule has 3 saturated heterocycles. The van der Waals surface area contributed by atoms with Crippen LogP contribution in [0, 0.1) is 11.3 Å². The molecule has 0 bridgehead atoms. The average Bonchev–Trinajstić information content (AvgIpc) is 3.35. The molecule has 28 heavy (non-hydrogen) atoms. The third-order valence-electron chi connectivity index (χ3n) is 6.60. The molecule has 0 saturated carbocycles. The molecule has 0 aliphatic carbocycles. The first kappa shape index (κ1) is 19.3. The van der Waals surface area contributed by atoms with Crippen LogP contribution < -0.4 is 5.32 Å². The van der Waals surface area contributed by atoms with E-state index < -0.39 is 17.9 Å². The van der Waals surface area contributed by atoms with E-state index in [0.29, 0.717) is 13.0 Å². The highest BCUT2D eigenvalue weighted by Crippen LogP contribution is 2.36. The monoisotopic (exact) mass is 388 g/mol. The molecule has 7 heteroatoms. The lowest BCUT2D eigenvalue weighted by Gasteiger charge is -2.40. The topological polar surface area (TPSA) is 59.4 Å². The van der Waals surface area contributed by atoms with Gasteiger partial charge in [0, 0.05) is 38.6 Å². The van der Waals surface area contributed by atoms with Crippen molar-refractivity contribution >= 4 is 5.91 Å². The van der Waals surface area contributed by atoms with Crippen LogP contribution in [0.25, 0.3) is 0 Å². The lowest BCUT2D eigenvalue weighted by molar-refractivity contribution is -0.133. The summed E-state index contributed by atoms with van der Waals surface area (Å²) in [5.74, 6) is -2.95. The molecular weight excluding hydrogens is 362 g/mol. The zero-order valence-corrected chi connectivity index (χ0v) is 15.9. The number of nitrogens with one attached hydrogen (secondary N) is 1. The summed E-state index contributed by atoms with van der Waals surface area (Å²) >= 11 is 0. The fourth-order valence-corrected chi connectivity index (χ4v) is 4.82. The number of alkyl halides is 2. The van der Waals surface area contributed by atoms with E-state index in [-0.39, 0.29) is 31.0 Å². The van der Waals surface area contributed by atoms with Crippen molar-refractivity contribution in [3.8, 4) is 6.07 Å². The number of nitrogens with zero attached hydrogens (tertiary/aromatic N) is 3. The van der Waals surface area contributed by atoms with Crippen LogP contribution in [-0.2, 0) is 10.2 Å². The number of nitriles is 1. The van der Waals surface area contributed by atoms with E-state index in [1.54, 1.807) is 0 Å². The Kier molecular flexibility index (Phi) is 5.11. The Balaban J connectivity index is 1.34.